The van der Waals surface area contributed by atoms with Crippen molar-refractivity contribution in [1.29, 1.82) is 0 Å². The third-order valence-electron chi connectivity index (χ3n) is 3.17. The molecular weight excluding hydrogens is 226 g/mol. The Hall–Kier alpha value is -1.55. The van der Waals surface area contributed by atoms with Gasteiger partial charge in [0.15, 0.2) is 0 Å². The molecule has 4 nitrogen and oxygen atoms in total. The summed E-state index contributed by atoms with van der Waals surface area (Å²) in [5.41, 5.74) is 1.25. The number of hydrogen-bond acceptors (Lipinski definition) is 2. The van der Waals surface area contributed by atoms with Crippen molar-refractivity contribution in [3.05, 3.63) is 35.9 Å². The monoisotopic (exact) mass is 247 g/mol. The molecule has 0 spiro atoms. The smallest absolute Gasteiger partial charge is 0.315 e. The predicted molar refractivity (Wildman–Crippen MR) is 72.6 cm³/mol. The van der Waals surface area contributed by atoms with Crippen molar-refractivity contribution in [2.24, 2.45) is 0 Å². The zero-order valence-corrected chi connectivity index (χ0v) is 10.6. The lowest BCUT2D eigenvalue weighted by Crippen LogP contribution is -2.49. The minimum Gasteiger partial charge on any atom is -0.338 e. The van der Waals surface area contributed by atoms with E-state index in [9.17, 15) is 4.79 Å². The van der Waals surface area contributed by atoms with Gasteiger partial charge in [-0.3, -0.25) is 0 Å². The SMILES string of the molecule is O=C(NCCc1ccccc1)NC1CCCNC1. The molecule has 98 valence electrons. The number of amides is 2. The van der Waals surface area contributed by atoms with Gasteiger partial charge in [-0.25, -0.2) is 4.79 Å². The van der Waals surface area contributed by atoms with Gasteiger partial charge in [-0.15, -0.1) is 0 Å². The molecule has 1 saturated heterocycles. The molecule has 1 aliphatic heterocycles. The number of benzene rings is 1. The van der Waals surface area contributed by atoms with Crippen molar-refractivity contribution in [3.63, 3.8) is 0 Å². The van der Waals surface area contributed by atoms with E-state index in [0.717, 1.165) is 32.4 Å². The lowest BCUT2D eigenvalue weighted by atomic mass is 10.1. The molecule has 0 saturated carbocycles. The number of carbonyl (C=O) groups excluding carboxylic acids is 1. The molecule has 18 heavy (non-hydrogen) atoms. The normalized spacial score (nSPS) is 19.2. The van der Waals surface area contributed by atoms with Gasteiger partial charge in [0.1, 0.15) is 0 Å². The van der Waals surface area contributed by atoms with E-state index in [2.05, 4.69) is 28.1 Å². The fourth-order valence-electron chi connectivity index (χ4n) is 2.18. The molecule has 4 heteroatoms. The second kappa shape index (κ2) is 7.01. The van der Waals surface area contributed by atoms with Crippen molar-refractivity contribution >= 4 is 6.03 Å². The van der Waals surface area contributed by atoms with Gasteiger partial charge in [0.25, 0.3) is 0 Å². The first-order valence-corrected chi connectivity index (χ1v) is 6.63. The van der Waals surface area contributed by atoms with Crippen LogP contribution in [0, 0.1) is 0 Å². The first-order chi connectivity index (χ1) is 8.84. The Balaban J connectivity index is 1.62. The van der Waals surface area contributed by atoms with E-state index in [-0.39, 0.29) is 12.1 Å². The Labute approximate surface area is 108 Å². The van der Waals surface area contributed by atoms with Crippen molar-refractivity contribution in [3.8, 4) is 0 Å². The van der Waals surface area contributed by atoms with E-state index in [1.54, 1.807) is 0 Å². The Morgan fingerprint density at radius 1 is 1.33 bits per heavy atom. The van der Waals surface area contributed by atoms with Gasteiger partial charge >= 0.3 is 6.03 Å². The Bertz CT molecular complexity index is 361. The van der Waals surface area contributed by atoms with Gasteiger partial charge in [0, 0.05) is 19.1 Å². The standard InChI is InChI=1S/C14H21N3O/c18-14(17-13-7-4-9-15-11-13)16-10-8-12-5-2-1-3-6-12/h1-3,5-6,13,15H,4,7-11H2,(H2,16,17,18). The zero-order valence-electron chi connectivity index (χ0n) is 10.6. The van der Waals surface area contributed by atoms with Crippen LogP contribution in [0.5, 0.6) is 0 Å². The second-order valence-corrected chi connectivity index (χ2v) is 4.68. The first kappa shape index (κ1) is 12.9. The van der Waals surface area contributed by atoms with E-state index in [4.69, 9.17) is 0 Å². The molecule has 1 aliphatic rings. The second-order valence-electron chi connectivity index (χ2n) is 4.68. The lowest BCUT2D eigenvalue weighted by molar-refractivity contribution is 0.234. The summed E-state index contributed by atoms with van der Waals surface area (Å²) in [5.74, 6) is 0. The van der Waals surface area contributed by atoms with Crippen molar-refractivity contribution in [2.75, 3.05) is 19.6 Å². The number of piperidine rings is 1. The van der Waals surface area contributed by atoms with Crippen LogP contribution in [0.25, 0.3) is 0 Å². The first-order valence-electron chi connectivity index (χ1n) is 6.63. The molecule has 2 amide bonds. The molecule has 1 aromatic rings. The number of hydrogen-bond donors (Lipinski definition) is 3. The fourth-order valence-corrected chi connectivity index (χ4v) is 2.18. The summed E-state index contributed by atoms with van der Waals surface area (Å²) in [6.45, 7) is 2.62. The summed E-state index contributed by atoms with van der Waals surface area (Å²) >= 11 is 0. The van der Waals surface area contributed by atoms with Crippen LogP contribution in [0.1, 0.15) is 18.4 Å². The molecule has 1 aromatic carbocycles. The maximum absolute atomic E-state index is 11.7. The van der Waals surface area contributed by atoms with E-state index in [0.29, 0.717) is 6.54 Å². The van der Waals surface area contributed by atoms with Crippen LogP contribution < -0.4 is 16.0 Å². The van der Waals surface area contributed by atoms with Gasteiger partial charge < -0.3 is 16.0 Å². The largest absolute Gasteiger partial charge is 0.338 e. The highest BCUT2D eigenvalue weighted by Gasteiger charge is 2.14. The predicted octanol–water partition coefficient (Wildman–Crippen LogP) is 1.28. The van der Waals surface area contributed by atoms with E-state index >= 15 is 0 Å². The third kappa shape index (κ3) is 4.37. The molecule has 1 unspecified atom stereocenters. The Morgan fingerprint density at radius 2 is 2.17 bits per heavy atom. The highest BCUT2D eigenvalue weighted by Crippen LogP contribution is 2.01. The molecule has 0 radical (unpaired) electrons. The molecule has 0 bridgehead atoms. The van der Waals surface area contributed by atoms with Crippen molar-refractivity contribution < 1.29 is 4.79 Å². The molecule has 0 aromatic heterocycles. The minimum atomic E-state index is -0.0559. The lowest BCUT2D eigenvalue weighted by Gasteiger charge is -2.23. The van der Waals surface area contributed by atoms with Crippen LogP contribution in [0.2, 0.25) is 0 Å². The van der Waals surface area contributed by atoms with Crippen LogP contribution >= 0.6 is 0 Å². The third-order valence-corrected chi connectivity index (χ3v) is 3.17. The average molecular weight is 247 g/mol. The highest BCUT2D eigenvalue weighted by molar-refractivity contribution is 5.74. The molecule has 3 N–H and O–H groups in total. The zero-order chi connectivity index (χ0) is 12.6. The van der Waals surface area contributed by atoms with E-state index in [1.165, 1.54) is 5.56 Å². The summed E-state index contributed by atoms with van der Waals surface area (Å²) in [4.78, 5) is 11.7. The van der Waals surface area contributed by atoms with Crippen LogP contribution in [0.4, 0.5) is 4.79 Å². The van der Waals surface area contributed by atoms with Gasteiger partial charge in [-0.1, -0.05) is 30.3 Å². The topological polar surface area (TPSA) is 53.2 Å². The summed E-state index contributed by atoms with van der Waals surface area (Å²) in [5, 5.41) is 9.17. The average Bonchev–Trinajstić information content (AvgIpc) is 2.41. The molecule has 0 aliphatic carbocycles. The number of nitrogens with one attached hydrogen (secondary N) is 3. The summed E-state index contributed by atoms with van der Waals surface area (Å²) < 4.78 is 0. The quantitative estimate of drug-likeness (QED) is 0.751. The van der Waals surface area contributed by atoms with Crippen LogP contribution in [-0.4, -0.2) is 31.7 Å². The van der Waals surface area contributed by atoms with Gasteiger partial charge in [0.05, 0.1) is 0 Å². The number of urea groups is 1. The van der Waals surface area contributed by atoms with Gasteiger partial charge in [-0.2, -0.15) is 0 Å². The minimum absolute atomic E-state index is 0.0559. The highest BCUT2D eigenvalue weighted by atomic mass is 16.2. The van der Waals surface area contributed by atoms with Crippen LogP contribution in [0.3, 0.4) is 0 Å². The summed E-state index contributed by atoms with van der Waals surface area (Å²) in [7, 11) is 0. The number of carbonyl (C=O) groups is 1. The van der Waals surface area contributed by atoms with E-state index in [1.807, 2.05) is 18.2 Å². The van der Waals surface area contributed by atoms with Gasteiger partial charge in [-0.05, 0) is 31.4 Å². The molecule has 1 atom stereocenters. The summed E-state index contributed by atoms with van der Waals surface area (Å²) in [6.07, 6.45) is 3.07. The van der Waals surface area contributed by atoms with Gasteiger partial charge in [0.2, 0.25) is 0 Å². The maximum atomic E-state index is 11.7. The summed E-state index contributed by atoms with van der Waals surface area (Å²) in [6, 6.07) is 10.4. The van der Waals surface area contributed by atoms with E-state index < -0.39 is 0 Å². The molecule has 2 rings (SSSR count). The van der Waals surface area contributed by atoms with Crippen LogP contribution in [-0.2, 0) is 6.42 Å². The molecular formula is C14H21N3O. The maximum Gasteiger partial charge on any atom is 0.315 e. The van der Waals surface area contributed by atoms with Crippen molar-refractivity contribution in [1.82, 2.24) is 16.0 Å². The number of rotatable bonds is 4. The van der Waals surface area contributed by atoms with Crippen LogP contribution in [0.15, 0.2) is 30.3 Å². The Morgan fingerprint density at radius 3 is 2.89 bits per heavy atom. The fraction of sp³-hybridized carbons (Fsp3) is 0.500. The van der Waals surface area contributed by atoms with Crippen molar-refractivity contribution in [2.45, 2.75) is 25.3 Å². The molecule has 1 heterocycles. The Kier molecular flexibility index (Phi) is 5.02. The molecule has 1 fully saturated rings.